The summed E-state index contributed by atoms with van der Waals surface area (Å²) in [5.74, 6) is -1.59. The molecule has 1 aromatic carbocycles. The van der Waals surface area contributed by atoms with E-state index in [1.807, 2.05) is 0 Å². The number of thiazole rings is 1. The predicted octanol–water partition coefficient (Wildman–Crippen LogP) is 4.34. The lowest BCUT2D eigenvalue weighted by molar-refractivity contribution is -0.149. The van der Waals surface area contributed by atoms with E-state index < -0.39 is 23.2 Å². The van der Waals surface area contributed by atoms with Gasteiger partial charge >= 0.3 is 11.9 Å². The lowest BCUT2D eigenvalue weighted by Gasteiger charge is -2.25. The van der Waals surface area contributed by atoms with Gasteiger partial charge in [0, 0.05) is 15.5 Å². The van der Waals surface area contributed by atoms with Crippen molar-refractivity contribution < 1.29 is 23.8 Å². The van der Waals surface area contributed by atoms with Crippen molar-refractivity contribution in [3.05, 3.63) is 61.4 Å². The molecule has 0 amide bonds. The molecular weight excluding hydrogens is 489 g/mol. The van der Waals surface area contributed by atoms with E-state index in [1.165, 1.54) is 29.5 Å². The minimum Gasteiger partial charge on any atom is -0.478 e. The fourth-order valence-corrected chi connectivity index (χ4v) is 4.60. The Kier molecular flexibility index (Phi) is 6.61. The van der Waals surface area contributed by atoms with Crippen LogP contribution in [0.15, 0.2) is 44.3 Å². The molecule has 3 rings (SSSR count). The molecule has 0 radical (unpaired) electrons. The van der Waals surface area contributed by atoms with Crippen molar-refractivity contribution in [3.63, 3.8) is 0 Å². The van der Waals surface area contributed by atoms with E-state index in [-0.39, 0.29) is 18.1 Å². The van der Waals surface area contributed by atoms with Crippen LogP contribution < -0.4 is 5.32 Å². The summed E-state index contributed by atoms with van der Waals surface area (Å²) in [5, 5.41) is 15.0. The van der Waals surface area contributed by atoms with Crippen molar-refractivity contribution >= 4 is 45.0 Å². The Morgan fingerprint density at radius 3 is 2.71 bits per heavy atom. The molecular formula is C21H21BrFN3O4S. The van der Waals surface area contributed by atoms with E-state index in [2.05, 4.69) is 31.2 Å². The monoisotopic (exact) mass is 509 g/mol. The van der Waals surface area contributed by atoms with Crippen LogP contribution in [0, 0.1) is 5.82 Å². The number of rotatable bonds is 6. The zero-order chi connectivity index (χ0) is 22.9. The molecule has 164 valence electrons. The highest BCUT2D eigenvalue weighted by Gasteiger charge is 2.36. The number of aliphatic imine (C=N–C) groups is 1. The van der Waals surface area contributed by atoms with Crippen molar-refractivity contribution in [2.75, 3.05) is 6.61 Å². The maximum Gasteiger partial charge on any atom is 0.335 e. The molecule has 0 spiro atoms. The Labute approximate surface area is 191 Å². The van der Waals surface area contributed by atoms with Crippen LogP contribution in [0.3, 0.4) is 0 Å². The fraction of sp³-hybridized carbons (Fsp3) is 0.333. The number of benzene rings is 1. The van der Waals surface area contributed by atoms with Crippen molar-refractivity contribution in [1.82, 2.24) is 10.3 Å². The van der Waals surface area contributed by atoms with Gasteiger partial charge in [0.25, 0.3) is 0 Å². The van der Waals surface area contributed by atoms with Crippen LogP contribution in [0.2, 0.25) is 0 Å². The molecule has 31 heavy (non-hydrogen) atoms. The van der Waals surface area contributed by atoms with Crippen LogP contribution in [0.1, 0.15) is 50.0 Å². The minimum atomic E-state index is -1.13. The van der Waals surface area contributed by atoms with Crippen molar-refractivity contribution in [2.24, 2.45) is 4.99 Å². The zero-order valence-electron chi connectivity index (χ0n) is 17.3. The number of carboxylic acids is 1. The number of hydrogen-bond donors (Lipinski definition) is 2. The van der Waals surface area contributed by atoms with Gasteiger partial charge in [0.15, 0.2) is 10.8 Å². The lowest BCUT2D eigenvalue weighted by atomic mass is 9.90. The number of carbonyl (C=O) groups is 2. The average Bonchev–Trinajstić information content (AvgIpc) is 3.18. The minimum absolute atomic E-state index is 0.0553. The molecule has 2 N–H and O–H groups in total. The summed E-state index contributed by atoms with van der Waals surface area (Å²) in [6, 6.07) is 3.17. The quantitative estimate of drug-likeness (QED) is 0.561. The number of hydrogen-bond acceptors (Lipinski definition) is 7. The van der Waals surface area contributed by atoms with Gasteiger partial charge in [-0.2, -0.15) is 0 Å². The summed E-state index contributed by atoms with van der Waals surface area (Å²) in [6.45, 7) is 7.10. The van der Waals surface area contributed by atoms with E-state index in [0.717, 1.165) is 0 Å². The SMILES string of the molecule is CCOC(=O)C(C)(C)c1csc(C2=NC(c3ccc(F)cc3Br)C(C(=O)O)=C(C)N2)n1. The molecule has 1 unspecified atom stereocenters. The van der Waals surface area contributed by atoms with Crippen LogP contribution in [-0.4, -0.2) is 34.5 Å². The van der Waals surface area contributed by atoms with Crippen LogP contribution in [0.5, 0.6) is 0 Å². The number of ether oxygens (including phenoxy) is 1. The smallest absolute Gasteiger partial charge is 0.335 e. The molecule has 1 aliphatic heterocycles. The van der Waals surface area contributed by atoms with Crippen LogP contribution in [0.4, 0.5) is 4.39 Å². The number of amidine groups is 1. The van der Waals surface area contributed by atoms with Crippen molar-refractivity contribution in [3.8, 4) is 0 Å². The van der Waals surface area contributed by atoms with E-state index in [0.29, 0.717) is 32.3 Å². The summed E-state index contributed by atoms with van der Waals surface area (Å²) in [7, 11) is 0. The Morgan fingerprint density at radius 1 is 1.39 bits per heavy atom. The van der Waals surface area contributed by atoms with Crippen LogP contribution in [-0.2, 0) is 19.7 Å². The molecule has 1 aliphatic rings. The zero-order valence-corrected chi connectivity index (χ0v) is 19.7. The number of carbonyl (C=O) groups excluding carboxylic acids is 1. The molecule has 0 bridgehead atoms. The number of allylic oxidation sites excluding steroid dienone is 1. The van der Waals surface area contributed by atoms with E-state index in [4.69, 9.17) is 4.74 Å². The van der Waals surface area contributed by atoms with Gasteiger partial charge in [-0.1, -0.05) is 22.0 Å². The van der Waals surface area contributed by atoms with Gasteiger partial charge in [0.2, 0.25) is 0 Å². The number of nitrogens with zero attached hydrogens (tertiary/aromatic N) is 2. The van der Waals surface area contributed by atoms with Gasteiger partial charge < -0.3 is 15.2 Å². The summed E-state index contributed by atoms with van der Waals surface area (Å²) in [5.41, 5.74) is 0.553. The lowest BCUT2D eigenvalue weighted by Crippen LogP contribution is -2.33. The maximum atomic E-state index is 13.6. The normalized spacial score (nSPS) is 16.6. The van der Waals surface area contributed by atoms with Crippen molar-refractivity contribution in [1.29, 1.82) is 0 Å². The molecule has 0 aliphatic carbocycles. The molecule has 0 saturated carbocycles. The third kappa shape index (κ3) is 4.54. The Morgan fingerprint density at radius 2 is 2.10 bits per heavy atom. The number of esters is 1. The Hall–Kier alpha value is -2.59. The Balaban J connectivity index is 2.04. The number of nitrogens with one attached hydrogen (secondary N) is 1. The maximum absolute atomic E-state index is 13.6. The highest BCUT2D eigenvalue weighted by molar-refractivity contribution is 9.10. The molecule has 10 heteroatoms. The predicted molar refractivity (Wildman–Crippen MR) is 119 cm³/mol. The number of carboxylic acid groups (broad SMARTS) is 1. The van der Waals surface area contributed by atoms with Crippen LogP contribution >= 0.6 is 27.3 Å². The standard InChI is InChI=1S/C21H21BrFN3O4S/c1-5-30-20(29)21(3,4)14-9-31-18(25-14)17-24-10(2)15(19(27)28)16(26-17)12-7-6-11(23)8-13(12)22/h6-9,16H,5H2,1-4H3,(H,24,26)(H,27,28). The summed E-state index contributed by atoms with van der Waals surface area (Å²) in [4.78, 5) is 33.4. The highest BCUT2D eigenvalue weighted by Crippen LogP contribution is 2.36. The highest BCUT2D eigenvalue weighted by atomic mass is 79.9. The third-order valence-corrected chi connectivity index (χ3v) is 6.40. The number of halogens is 2. The van der Waals surface area contributed by atoms with Gasteiger partial charge in [0.1, 0.15) is 17.3 Å². The summed E-state index contributed by atoms with van der Waals surface area (Å²) in [6.07, 6.45) is 0. The third-order valence-electron chi connectivity index (χ3n) is 4.86. The van der Waals surface area contributed by atoms with E-state index >= 15 is 0 Å². The van der Waals surface area contributed by atoms with Crippen molar-refractivity contribution in [2.45, 2.75) is 39.2 Å². The second-order valence-corrected chi connectivity index (χ2v) is 9.11. The van der Waals surface area contributed by atoms with E-state index in [1.54, 1.807) is 33.1 Å². The van der Waals surface area contributed by atoms with E-state index in [9.17, 15) is 19.1 Å². The molecule has 0 fully saturated rings. The molecule has 1 atom stereocenters. The largest absolute Gasteiger partial charge is 0.478 e. The Bertz CT molecular complexity index is 1110. The first-order chi connectivity index (χ1) is 14.6. The van der Waals surface area contributed by atoms with Gasteiger partial charge in [-0.15, -0.1) is 11.3 Å². The topological polar surface area (TPSA) is 101 Å². The second kappa shape index (κ2) is 8.88. The second-order valence-electron chi connectivity index (χ2n) is 7.40. The number of aliphatic carboxylic acids is 1. The molecule has 2 heterocycles. The molecule has 0 saturated heterocycles. The van der Waals surface area contributed by atoms with Gasteiger partial charge in [-0.05, 0) is 45.4 Å². The van der Waals surface area contributed by atoms with Gasteiger partial charge in [-0.25, -0.2) is 14.2 Å². The van der Waals surface area contributed by atoms with Gasteiger partial charge in [-0.3, -0.25) is 9.79 Å². The van der Waals surface area contributed by atoms with Crippen LogP contribution in [0.25, 0.3) is 0 Å². The molecule has 1 aromatic heterocycles. The summed E-state index contributed by atoms with van der Waals surface area (Å²) < 4.78 is 19.1. The average molecular weight is 510 g/mol. The van der Waals surface area contributed by atoms with Gasteiger partial charge in [0.05, 0.1) is 17.9 Å². The number of aromatic nitrogens is 1. The first-order valence-corrected chi connectivity index (χ1v) is 11.1. The molecule has 2 aromatic rings. The molecule has 7 nitrogen and oxygen atoms in total. The first-order valence-electron chi connectivity index (χ1n) is 9.43. The summed E-state index contributed by atoms with van der Waals surface area (Å²) >= 11 is 4.59. The first kappa shape index (κ1) is 23.1. The fourth-order valence-electron chi connectivity index (χ4n) is 3.10.